The van der Waals surface area contributed by atoms with Gasteiger partial charge in [-0.15, -0.1) is 0 Å². The van der Waals surface area contributed by atoms with Crippen LogP contribution in [0.25, 0.3) is 0 Å². The summed E-state index contributed by atoms with van der Waals surface area (Å²) in [6, 6.07) is 16.4. The van der Waals surface area contributed by atoms with Gasteiger partial charge in [0.15, 0.2) is 6.61 Å². The van der Waals surface area contributed by atoms with E-state index < -0.39 is 0 Å². The lowest BCUT2D eigenvalue weighted by Crippen LogP contribution is -2.41. The standard InChI is InChI=1S/C23H26N2O3S/c1-17-7-6-13-24(15-17)22(26)16-28-23(27)12-14-25-18-8-2-4-10-20(18)29-21-11-5-3-9-19(21)25/h2-5,8-11,17H,6-7,12-16H2,1H3. The average Bonchev–Trinajstić information content (AvgIpc) is 2.75. The molecule has 0 aromatic heterocycles. The van der Waals surface area contributed by atoms with Crippen LogP contribution in [0.1, 0.15) is 26.2 Å². The molecule has 1 amide bonds. The summed E-state index contributed by atoms with van der Waals surface area (Å²) in [6.45, 7) is 4.03. The van der Waals surface area contributed by atoms with E-state index in [-0.39, 0.29) is 24.9 Å². The van der Waals surface area contributed by atoms with Crippen LogP contribution < -0.4 is 4.90 Å². The number of rotatable bonds is 5. The van der Waals surface area contributed by atoms with Gasteiger partial charge in [0.25, 0.3) is 5.91 Å². The third-order valence-corrected chi connectivity index (χ3v) is 6.57. The highest BCUT2D eigenvalue weighted by molar-refractivity contribution is 7.99. The van der Waals surface area contributed by atoms with Gasteiger partial charge in [-0.05, 0) is 43.0 Å². The molecule has 4 rings (SSSR count). The van der Waals surface area contributed by atoms with Crippen LogP contribution in [0.3, 0.4) is 0 Å². The molecule has 0 spiro atoms. The molecule has 2 aliphatic heterocycles. The van der Waals surface area contributed by atoms with Crippen LogP contribution in [-0.2, 0) is 14.3 Å². The number of carbonyl (C=O) groups is 2. The highest BCUT2D eigenvalue weighted by Crippen LogP contribution is 2.47. The van der Waals surface area contributed by atoms with Crippen molar-refractivity contribution < 1.29 is 14.3 Å². The number of piperidine rings is 1. The van der Waals surface area contributed by atoms with E-state index in [2.05, 4.69) is 36.1 Å². The lowest BCUT2D eigenvalue weighted by Gasteiger charge is -2.32. The first kappa shape index (κ1) is 19.8. The van der Waals surface area contributed by atoms with Crippen molar-refractivity contribution in [2.75, 3.05) is 31.1 Å². The summed E-state index contributed by atoms with van der Waals surface area (Å²) < 4.78 is 5.30. The van der Waals surface area contributed by atoms with Crippen molar-refractivity contribution in [2.24, 2.45) is 5.92 Å². The predicted molar refractivity (Wildman–Crippen MR) is 115 cm³/mol. The molecule has 0 radical (unpaired) electrons. The third-order valence-electron chi connectivity index (χ3n) is 5.44. The Hall–Kier alpha value is -2.47. The summed E-state index contributed by atoms with van der Waals surface area (Å²) in [6.07, 6.45) is 2.41. The molecule has 5 nitrogen and oxygen atoms in total. The number of esters is 1. The van der Waals surface area contributed by atoms with Crippen molar-refractivity contribution in [2.45, 2.75) is 36.0 Å². The molecule has 1 saturated heterocycles. The second-order valence-corrected chi connectivity index (χ2v) is 8.77. The van der Waals surface area contributed by atoms with E-state index in [1.165, 1.54) is 9.79 Å². The number of ether oxygens (including phenoxy) is 1. The molecule has 0 N–H and O–H groups in total. The Bertz CT molecular complexity index is 856. The minimum Gasteiger partial charge on any atom is -0.456 e. The van der Waals surface area contributed by atoms with Crippen LogP contribution in [0.4, 0.5) is 11.4 Å². The van der Waals surface area contributed by atoms with Gasteiger partial charge in [0.1, 0.15) is 0 Å². The quantitative estimate of drug-likeness (QED) is 0.680. The van der Waals surface area contributed by atoms with E-state index in [4.69, 9.17) is 4.74 Å². The number of hydrogen-bond acceptors (Lipinski definition) is 5. The molecule has 2 heterocycles. The Labute approximate surface area is 176 Å². The molecule has 2 aromatic rings. The Morgan fingerprint density at radius 1 is 1.07 bits per heavy atom. The molecule has 6 heteroatoms. The van der Waals surface area contributed by atoms with Gasteiger partial charge in [-0.2, -0.15) is 0 Å². The van der Waals surface area contributed by atoms with Gasteiger partial charge in [-0.1, -0.05) is 43.0 Å². The average molecular weight is 411 g/mol. The molecular formula is C23H26N2O3S. The van der Waals surface area contributed by atoms with Gasteiger partial charge in [0.2, 0.25) is 0 Å². The lowest BCUT2D eigenvalue weighted by atomic mass is 10.0. The minimum atomic E-state index is -0.336. The zero-order valence-corrected chi connectivity index (χ0v) is 17.5. The molecule has 29 heavy (non-hydrogen) atoms. The van der Waals surface area contributed by atoms with Gasteiger partial charge < -0.3 is 14.5 Å². The van der Waals surface area contributed by atoms with Crippen molar-refractivity contribution in [3.63, 3.8) is 0 Å². The predicted octanol–water partition coefficient (Wildman–Crippen LogP) is 4.48. The summed E-state index contributed by atoms with van der Waals surface area (Å²) in [4.78, 5) is 31.0. The SMILES string of the molecule is CC1CCCN(C(=O)COC(=O)CCN2c3ccccc3Sc3ccccc32)C1. The smallest absolute Gasteiger partial charge is 0.308 e. The first-order chi connectivity index (χ1) is 14.1. The molecule has 0 aliphatic carbocycles. The molecular weight excluding hydrogens is 384 g/mol. The molecule has 0 saturated carbocycles. The van der Waals surface area contributed by atoms with E-state index >= 15 is 0 Å². The Balaban J connectivity index is 1.35. The van der Waals surface area contributed by atoms with Gasteiger partial charge in [-0.25, -0.2) is 0 Å². The summed E-state index contributed by atoms with van der Waals surface area (Å²) >= 11 is 1.74. The summed E-state index contributed by atoms with van der Waals surface area (Å²) in [5, 5.41) is 0. The molecule has 2 aromatic carbocycles. The highest BCUT2D eigenvalue weighted by atomic mass is 32.2. The molecule has 152 valence electrons. The van der Waals surface area contributed by atoms with Crippen LogP contribution in [0.2, 0.25) is 0 Å². The fourth-order valence-electron chi connectivity index (χ4n) is 3.95. The molecule has 1 atom stereocenters. The van der Waals surface area contributed by atoms with E-state index in [1.54, 1.807) is 11.8 Å². The van der Waals surface area contributed by atoms with E-state index in [0.29, 0.717) is 12.5 Å². The maximum absolute atomic E-state index is 12.3. The highest BCUT2D eigenvalue weighted by Gasteiger charge is 2.24. The number of fused-ring (bicyclic) bond motifs is 2. The van der Waals surface area contributed by atoms with Crippen LogP contribution in [0.15, 0.2) is 58.3 Å². The third kappa shape index (κ3) is 4.58. The number of likely N-dealkylation sites (tertiary alicyclic amines) is 1. The molecule has 0 bridgehead atoms. The van der Waals surface area contributed by atoms with Gasteiger partial charge >= 0.3 is 5.97 Å². The first-order valence-electron chi connectivity index (χ1n) is 10.2. The van der Waals surface area contributed by atoms with Crippen molar-refractivity contribution in [3.05, 3.63) is 48.5 Å². The fraction of sp³-hybridized carbons (Fsp3) is 0.391. The van der Waals surface area contributed by atoms with E-state index in [1.807, 2.05) is 29.2 Å². The Morgan fingerprint density at radius 2 is 1.72 bits per heavy atom. The monoisotopic (exact) mass is 410 g/mol. The number of nitrogens with zero attached hydrogens (tertiary/aromatic N) is 2. The first-order valence-corrected chi connectivity index (χ1v) is 11.0. The Kier molecular flexibility index (Phi) is 6.09. The number of carbonyl (C=O) groups excluding carboxylic acids is 2. The van der Waals surface area contributed by atoms with Crippen molar-refractivity contribution in [1.29, 1.82) is 0 Å². The zero-order valence-electron chi connectivity index (χ0n) is 16.7. The second kappa shape index (κ2) is 8.91. The maximum Gasteiger partial charge on any atom is 0.308 e. The van der Waals surface area contributed by atoms with Gasteiger partial charge in [-0.3, -0.25) is 9.59 Å². The van der Waals surface area contributed by atoms with Gasteiger partial charge in [0, 0.05) is 29.4 Å². The maximum atomic E-state index is 12.3. The second-order valence-electron chi connectivity index (χ2n) is 7.69. The van der Waals surface area contributed by atoms with Crippen LogP contribution in [0, 0.1) is 5.92 Å². The number of hydrogen-bond donors (Lipinski definition) is 0. The minimum absolute atomic E-state index is 0.0880. The van der Waals surface area contributed by atoms with Crippen LogP contribution in [-0.4, -0.2) is 43.0 Å². The zero-order chi connectivity index (χ0) is 20.2. The Morgan fingerprint density at radius 3 is 2.38 bits per heavy atom. The molecule has 1 fully saturated rings. The van der Waals surface area contributed by atoms with E-state index in [0.717, 1.165) is 37.3 Å². The van der Waals surface area contributed by atoms with Crippen molar-refractivity contribution >= 4 is 35.0 Å². The van der Waals surface area contributed by atoms with Crippen LogP contribution in [0.5, 0.6) is 0 Å². The summed E-state index contributed by atoms with van der Waals surface area (Å²) in [7, 11) is 0. The van der Waals surface area contributed by atoms with Gasteiger partial charge in [0.05, 0.1) is 17.8 Å². The van der Waals surface area contributed by atoms with Crippen molar-refractivity contribution in [1.82, 2.24) is 4.90 Å². The van der Waals surface area contributed by atoms with Crippen molar-refractivity contribution in [3.8, 4) is 0 Å². The molecule has 1 unspecified atom stereocenters. The number of anilines is 2. The summed E-state index contributed by atoms with van der Waals surface area (Å²) in [5.74, 6) is 0.0899. The summed E-state index contributed by atoms with van der Waals surface area (Å²) in [5.41, 5.74) is 2.20. The van der Waals surface area contributed by atoms with Crippen LogP contribution >= 0.6 is 11.8 Å². The number of para-hydroxylation sites is 2. The topological polar surface area (TPSA) is 49.9 Å². The fourth-order valence-corrected chi connectivity index (χ4v) is 5.04. The largest absolute Gasteiger partial charge is 0.456 e. The number of amides is 1. The normalized spacial score (nSPS) is 18.0. The van der Waals surface area contributed by atoms with E-state index in [9.17, 15) is 9.59 Å². The molecule has 2 aliphatic rings. The lowest BCUT2D eigenvalue weighted by molar-refractivity contribution is -0.152. The number of benzene rings is 2.